The molecule has 0 saturated carbocycles. The van der Waals surface area contributed by atoms with Gasteiger partial charge >= 0.3 is 18.2 Å². The molecule has 1 aromatic carbocycles. The van der Waals surface area contributed by atoms with Crippen LogP contribution in [-0.4, -0.2) is 91.1 Å². The number of carbonyl (C=O) groups excluding carboxylic acids is 4. The van der Waals surface area contributed by atoms with Crippen LogP contribution >= 0.6 is 0 Å². The van der Waals surface area contributed by atoms with Crippen LogP contribution in [0, 0.1) is 0 Å². The van der Waals surface area contributed by atoms with E-state index < -0.39 is 47.9 Å². The molecule has 0 bridgehead atoms. The molecule has 210 valence electrons. The topological polar surface area (TPSA) is 136 Å². The van der Waals surface area contributed by atoms with Crippen LogP contribution in [0.4, 0.5) is 9.59 Å². The summed E-state index contributed by atoms with van der Waals surface area (Å²) in [6.07, 6.45) is -0.600. The maximum atomic E-state index is 13.5. The van der Waals surface area contributed by atoms with E-state index in [-0.39, 0.29) is 26.2 Å². The van der Waals surface area contributed by atoms with Crippen molar-refractivity contribution in [2.45, 2.75) is 70.4 Å². The molecule has 2 saturated heterocycles. The molecule has 0 radical (unpaired) electrons. The molecule has 38 heavy (non-hydrogen) atoms. The summed E-state index contributed by atoms with van der Waals surface area (Å²) in [6, 6.07) is 7.46. The van der Waals surface area contributed by atoms with Gasteiger partial charge in [-0.25, -0.2) is 15.0 Å². The second-order valence-electron chi connectivity index (χ2n) is 10.3. The number of carbonyl (C=O) groups is 4. The highest BCUT2D eigenvalue weighted by molar-refractivity contribution is 5.86. The molecule has 12 heteroatoms. The average Bonchev–Trinajstić information content (AvgIpc) is 2.90. The number of esters is 1. The van der Waals surface area contributed by atoms with Crippen molar-refractivity contribution < 1.29 is 38.1 Å². The number of nitrogens with zero attached hydrogens (tertiary/aromatic N) is 2. The second kappa shape index (κ2) is 13.4. The number of amides is 3. The van der Waals surface area contributed by atoms with Crippen LogP contribution in [0.5, 0.6) is 0 Å². The molecule has 1 aromatic rings. The van der Waals surface area contributed by atoms with Gasteiger partial charge in [0.05, 0.1) is 26.4 Å². The van der Waals surface area contributed by atoms with Gasteiger partial charge in [-0.2, -0.15) is 0 Å². The first-order chi connectivity index (χ1) is 18.1. The Morgan fingerprint density at radius 1 is 1.16 bits per heavy atom. The standard InChI is InChI=1S/C26H38N4O8/c1-26(2,3)38-25(34)29-13-14-36-19(16-29)15-21(27-24(33)37-17-18-9-6-5-7-10-18)22(31)30-12-8-11-20(28-30)23(32)35-4/h5-7,9-10,19-21,28H,8,11-17H2,1-4H3,(H,27,33)/t19-,20-,21?/m0/s1. The zero-order chi connectivity index (χ0) is 27.7. The molecule has 2 aliphatic rings. The van der Waals surface area contributed by atoms with Gasteiger partial charge in [0.25, 0.3) is 5.91 Å². The number of methoxy groups -OCH3 is 1. The highest BCUT2D eigenvalue weighted by Gasteiger charge is 2.36. The number of morpholine rings is 1. The number of rotatable bonds is 7. The lowest BCUT2D eigenvalue weighted by atomic mass is 10.1. The first kappa shape index (κ1) is 29.2. The quantitative estimate of drug-likeness (QED) is 0.397. The maximum Gasteiger partial charge on any atom is 0.410 e. The summed E-state index contributed by atoms with van der Waals surface area (Å²) >= 11 is 0. The fourth-order valence-corrected chi connectivity index (χ4v) is 4.19. The summed E-state index contributed by atoms with van der Waals surface area (Å²) in [6.45, 7) is 6.55. The Morgan fingerprint density at radius 2 is 1.89 bits per heavy atom. The van der Waals surface area contributed by atoms with Gasteiger partial charge in [-0.15, -0.1) is 0 Å². The van der Waals surface area contributed by atoms with Crippen LogP contribution in [0.1, 0.15) is 45.6 Å². The second-order valence-corrected chi connectivity index (χ2v) is 10.3. The third kappa shape index (κ3) is 8.88. The molecule has 0 aliphatic carbocycles. The molecule has 1 unspecified atom stereocenters. The highest BCUT2D eigenvalue weighted by Crippen LogP contribution is 2.18. The minimum absolute atomic E-state index is 0.0340. The summed E-state index contributed by atoms with van der Waals surface area (Å²) in [5.74, 6) is -0.925. The Labute approximate surface area is 222 Å². The maximum absolute atomic E-state index is 13.5. The van der Waals surface area contributed by atoms with Crippen molar-refractivity contribution in [3.05, 3.63) is 35.9 Å². The summed E-state index contributed by atoms with van der Waals surface area (Å²) < 4.78 is 21.5. The first-order valence-corrected chi connectivity index (χ1v) is 12.8. The van der Waals surface area contributed by atoms with Crippen LogP contribution in [0.3, 0.4) is 0 Å². The zero-order valence-corrected chi connectivity index (χ0v) is 22.4. The van der Waals surface area contributed by atoms with Crippen molar-refractivity contribution in [2.24, 2.45) is 0 Å². The number of nitrogens with one attached hydrogen (secondary N) is 2. The first-order valence-electron chi connectivity index (χ1n) is 12.8. The molecular formula is C26H38N4O8. The van der Waals surface area contributed by atoms with Gasteiger partial charge in [-0.1, -0.05) is 30.3 Å². The summed E-state index contributed by atoms with van der Waals surface area (Å²) in [5, 5.41) is 3.97. The summed E-state index contributed by atoms with van der Waals surface area (Å²) in [7, 11) is 1.29. The number of alkyl carbamates (subject to hydrolysis) is 1. The van der Waals surface area contributed by atoms with E-state index >= 15 is 0 Å². The summed E-state index contributed by atoms with van der Waals surface area (Å²) in [4.78, 5) is 52.3. The Bertz CT molecular complexity index is 968. The van der Waals surface area contributed by atoms with Crippen LogP contribution in [0.25, 0.3) is 0 Å². The van der Waals surface area contributed by atoms with Crippen molar-refractivity contribution >= 4 is 24.1 Å². The molecule has 2 aliphatic heterocycles. The smallest absolute Gasteiger partial charge is 0.410 e. The van der Waals surface area contributed by atoms with Crippen molar-refractivity contribution in [3.63, 3.8) is 0 Å². The van der Waals surface area contributed by atoms with Gasteiger partial charge in [0, 0.05) is 19.5 Å². The molecule has 0 spiro atoms. The van der Waals surface area contributed by atoms with Gasteiger partial charge in [0.1, 0.15) is 24.3 Å². The van der Waals surface area contributed by atoms with E-state index in [1.165, 1.54) is 17.0 Å². The van der Waals surface area contributed by atoms with Gasteiger partial charge in [-0.05, 0) is 39.2 Å². The van der Waals surface area contributed by atoms with Crippen molar-refractivity contribution in [3.8, 4) is 0 Å². The number of hydrazine groups is 1. The Hall–Kier alpha value is -3.38. The predicted octanol–water partition coefficient (Wildman–Crippen LogP) is 1.98. The third-order valence-corrected chi connectivity index (χ3v) is 6.03. The van der Waals surface area contributed by atoms with E-state index in [4.69, 9.17) is 18.9 Å². The number of ether oxygens (including phenoxy) is 4. The van der Waals surface area contributed by atoms with Crippen LogP contribution < -0.4 is 10.7 Å². The van der Waals surface area contributed by atoms with E-state index in [0.29, 0.717) is 25.9 Å². The number of hydrogen-bond donors (Lipinski definition) is 2. The highest BCUT2D eigenvalue weighted by atomic mass is 16.6. The van der Waals surface area contributed by atoms with Crippen LogP contribution in [-0.2, 0) is 35.1 Å². The van der Waals surface area contributed by atoms with Crippen LogP contribution in [0.15, 0.2) is 30.3 Å². The Balaban J connectivity index is 1.68. The predicted molar refractivity (Wildman–Crippen MR) is 136 cm³/mol. The molecule has 3 atom stereocenters. The Morgan fingerprint density at radius 3 is 2.58 bits per heavy atom. The van der Waals surface area contributed by atoms with Crippen molar-refractivity contribution in [1.82, 2.24) is 20.7 Å². The Kier molecular flexibility index (Phi) is 10.3. The van der Waals surface area contributed by atoms with Crippen LogP contribution in [0.2, 0.25) is 0 Å². The van der Waals surface area contributed by atoms with Gasteiger partial charge in [0.15, 0.2) is 0 Å². The molecule has 0 aromatic heterocycles. The van der Waals surface area contributed by atoms with E-state index in [1.807, 2.05) is 30.3 Å². The van der Waals surface area contributed by atoms with E-state index in [0.717, 1.165) is 5.56 Å². The van der Waals surface area contributed by atoms with Crippen molar-refractivity contribution in [1.29, 1.82) is 0 Å². The minimum atomic E-state index is -1.04. The summed E-state index contributed by atoms with van der Waals surface area (Å²) in [5.41, 5.74) is 3.05. The fraction of sp³-hybridized carbons (Fsp3) is 0.615. The van der Waals surface area contributed by atoms with E-state index in [2.05, 4.69) is 10.7 Å². The molecule has 2 fully saturated rings. The molecule has 12 nitrogen and oxygen atoms in total. The van der Waals surface area contributed by atoms with E-state index in [1.54, 1.807) is 20.8 Å². The third-order valence-electron chi connectivity index (χ3n) is 6.03. The largest absolute Gasteiger partial charge is 0.468 e. The zero-order valence-electron chi connectivity index (χ0n) is 22.4. The molecular weight excluding hydrogens is 496 g/mol. The number of benzene rings is 1. The fourth-order valence-electron chi connectivity index (χ4n) is 4.19. The monoisotopic (exact) mass is 534 g/mol. The van der Waals surface area contributed by atoms with E-state index in [9.17, 15) is 19.2 Å². The lowest BCUT2D eigenvalue weighted by molar-refractivity contribution is -0.150. The molecule has 3 rings (SSSR count). The lowest BCUT2D eigenvalue weighted by Crippen LogP contribution is -2.61. The normalized spacial score (nSPS) is 20.7. The molecule has 2 heterocycles. The number of hydrogen-bond acceptors (Lipinski definition) is 9. The van der Waals surface area contributed by atoms with Gasteiger partial charge in [-0.3, -0.25) is 14.6 Å². The van der Waals surface area contributed by atoms with Gasteiger partial charge < -0.3 is 29.2 Å². The minimum Gasteiger partial charge on any atom is -0.468 e. The average molecular weight is 535 g/mol. The van der Waals surface area contributed by atoms with Crippen molar-refractivity contribution in [2.75, 3.05) is 33.4 Å². The molecule has 2 N–H and O–H groups in total. The lowest BCUT2D eigenvalue weighted by Gasteiger charge is -2.37. The SMILES string of the molecule is COC(=O)[C@@H]1CCCN(C(=O)C(C[C@H]2CN(C(=O)OC(C)(C)C)CCO2)NC(=O)OCc2ccccc2)N1. The van der Waals surface area contributed by atoms with Gasteiger partial charge in [0.2, 0.25) is 0 Å². The molecule has 3 amide bonds.